The largest absolute Gasteiger partial charge is 0.481 e. The van der Waals surface area contributed by atoms with Crippen LogP contribution >= 0.6 is 11.8 Å². The van der Waals surface area contributed by atoms with E-state index in [1.807, 2.05) is 6.92 Å². The molecule has 8 heteroatoms. The van der Waals surface area contributed by atoms with Crippen molar-refractivity contribution < 1.29 is 14.6 Å². The monoisotopic (exact) mass is 232 g/mol. The third kappa shape index (κ3) is 4.26. The maximum absolute atomic E-state index is 10.3. The van der Waals surface area contributed by atoms with Crippen molar-refractivity contribution in [2.24, 2.45) is 0 Å². The Kier molecular flexibility index (Phi) is 5.05. The number of tetrazole rings is 1. The normalized spacial score (nSPS) is 10.5. The van der Waals surface area contributed by atoms with E-state index >= 15 is 0 Å². The first kappa shape index (κ1) is 11.9. The average Bonchev–Trinajstić information content (AvgIpc) is 2.63. The van der Waals surface area contributed by atoms with Crippen LogP contribution < -0.4 is 0 Å². The first-order valence-corrected chi connectivity index (χ1v) is 5.41. The van der Waals surface area contributed by atoms with E-state index in [2.05, 4.69) is 15.5 Å². The molecule has 1 rings (SSSR count). The van der Waals surface area contributed by atoms with E-state index < -0.39 is 5.97 Å². The summed E-state index contributed by atoms with van der Waals surface area (Å²) >= 11 is 1.09. The summed E-state index contributed by atoms with van der Waals surface area (Å²) in [6.07, 6.45) is 0. The van der Waals surface area contributed by atoms with Gasteiger partial charge in [-0.05, 0) is 17.4 Å². The zero-order chi connectivity index (χ0) is 11.1. The molecule has 1 aromatic heterocycles. The number of carboxylic acids is 1. The van der Waals surface area contributed by atoms with Crippen molar-refractivity contribution in [3.8, 4) is 0 Å². The Labute approximate surface area is 90.8 Å². The zero-order valence-electron chi connectivity index (χ0n) is 8.29. The average molecular weight is 232 g/mol. The molecule has 1 heterocycles. The highest BCUT2D eigenvalue weighted by Crippen LogP contribution is 2.12. The fraction of sp³-hybridized carbons (Fsp3) is 0.714. The number of rotatable bonds is 7. The van der Waals surface area contributed by atoms with Crippen molar-refractivity contribution in [2.75, 3.05) is 19.0 Å². The van der Waals surface area contributed by atoms with Crippen LogP contribution in [0.5, 0.6) is 0 Å². The van der Waals surface area contributed by atoms with Crippen molar-refractivity contribution in [2.45, 2.75) is 18.6 Å². The van der Waals surface area contributed by atoms with Gasteiger partial charge in [0, 0.05) is 6.61 Å². The minimum absolute atomic E-state index is 0.0466. The molecular formula is C7H12N4O3S. The van der Waals surface area contributed by atoms with Crippen molar-refractivity contribution in [1.29, 1.82) is 0 Å². The Bertz CT molecular complexity index is 317. The molecule has 0 spiro atoms. The fourth-order valence-electron chi connectivity index (χ4n) is 0.862. The maximum atomic E-state index is 10.3. The quantitative estimate of drug-likeness (QED) is 0.518. The Hall–Kier alpha value is -1.15. The number of nitrogens with zero attached hydrogens (tertiary/aromatic N) is 4. The van der Waals surface area contributed by atoms with Gasteiger partial charge in [0.15, 0.2) is 0 Å². The lowest BCUT2D eigenvalue weighted by Crippen LogP contribution is -2.09. The smallest absolute Gasteiger partial charge is 0.313 e. The number of hydrogen-bond acceptors (Lipinski definition) is 6. The first-order valence-electron chi connectivity index (χ1n) is 4.42. The third-order valence-electron chi connectivity index (χ3n) is 1.48. The standard InChI is InChI=1S/C7H12N4O3S/c1-2-14-4-3-11-7(8-9-10-11)15-5-6(12)13/h2-5H2,1H3,(H,12,13). The number of carbonyl (C=O) groups is 1. The van der Waals surface area contributed by atoms with E-state index in [1.54, 1.807) is 0 Å². The Morgan fingerprint density at radius 3 is 3.13 bits per heavy atom. The predicted molar refractivity (Wildman–Crippen MR) is 52.7 cm³/mol. The molecule has 0 bridgehead atoms. The lowest BCUT2D eigenvalue weighted by atomic mass is 10.7. The van der Waals surface area contributed by atoms with Gasteiger partial charge in [0.2, 0.25) is 5.16 Å². The summed E-state index contributed by atoms with van der Waals surface area (Å²) in [5.74, 6) is -0.936. The first-order chi connectivity index (χ1) is 7.24. The van der Waals surface area contributed by atoms with Crippen LogP contribution in [0.1, 0.15) is 6.92 Å². The van der Waals surface area contributed by atoms with Crippen LogP contribution in [0.4, 0.5) is 0 Å². The van der Waals surface area contributed by atoms with Crippen LogP contribution in [-0.2, 0) is 16.1 Å². The van der Waals surface area contributed by atoms with Gasteiger partial charge in [-0.1, -0.05) is 11.8 Å². The molecule has 0 fully saturated rings. The second-order valence-electron chi connectivity index (χ2n) is 2.56. The molecule has 1 N–H and O–H groups in total. The molecule has 0 aliphatic rings. The van der Waals surface area contributed by atoms with Crippen LogP contribution in [0.2, 0.25) is 0 Å². The predicted octanol–water partition coefficient (Wildman–Crippen LogP) is -0.114. The summed E-state index contributed by atoms with van der Waals surface area (Å²) in [7, 11) is 0. The molecule has 0 atom stereocenters. The minimum Gasteiger partial charge on any atom is -0.481 e. The molecule has 0 unspecified atom stereocenters. The highest BCUT2D eigenvalue weighted by Gasteiger charge is 2.08. The van der Waals surface area contributed by atoms with Crippen LogP contribution in [0.25, 0.3) is 0 Å². The van der Waals surface area contributed by atoms with Crippen molar-refractivity contribution >= 4 is 17.7 Å². The lowest BCUT2D eigenvalue weighted by Gasteiger charge is -2.02. The van der Waals surface area contributed by atoms with Crippen molar-refractivity contribution in [3.05, 3.63) is 0 Å². The molecule has 15 heavy (non-hydrogen) atoms. The summed E-state index contributed by atoms with van der Waals surface area (Å²) in [6, 6.07) is 0. The molecule has 0 radical (unpaired) electrons. The number of hydrogen-bond donors (Lipinski definition) is 1. The SMILES string of the molecule is CCOCCn1nnnc1SCC(=O)O. The maximum Gasteiger partial charge on any atom is 0.313 e. The van der Waals surface area contributed by atoms with E-state index in [0.29, 0.717) is 24.9 Å². The molecule has 0 aliphatic heterocycles. The molecule has 0 saturated carbocycles. The highest BCUT2D eigenvalue weighted by atomic mass is 32.2. The van der Waals surface area contributed by atoms with E-state index in [1.165, 1.54) is 4.68 Å². The summed E-state index contributed by atoms with van der Waals surface area (Å²) in [4.78, 5) is 10.3. The Balaban J connectivity index is 2.42. The van der Waals surface area contributed by atoms with Gasteiger partial charge in [0.05, 0.1) is 18.9 Å². The Morgan fingerprint density at radius 1 is 1.67 bits per heavy atom. The third-order valence-corrected chi connectivity index (χ3v) is 2.42. The number of aliphatic carboxylic acids is 1. The summed E-state index contributed by atoms with van der Waals surface area (Å²) in [5.41, 5.74) is 0. The Morgan fingerprint density at radius 2 is 2.47 bits per heavy atom. The van der Waals surface area contributed by atoms with Crippen LogP contribution in [0.3, 0.4) is 0 Å². The molecule has 0 aliphatic carbocycles. The van der Waals surface area contributed by atoms with Gasteiger partial charge in [-0.25, -0.2) is 4.68 Å². The van der Waals surface area contributed by atoms with Crippen molar-refractivity contribution in [3.63, 3.8) is 0 Å². The lowest BCUT2D eigenvalue weighted by molar-refractivity contribution is -0.133. The van der Waals surface area contributed by atoms with Gasteiger partial charge >= 0.3 is 5.97 Å². The highest BCUT2D eigenvalue weighted by molar-refractivity contribution is 7.99. The van der Waals surface area contributed by atoms with Crippen LogP contribution in [-0.4, -0.2) is 50.2 Å². The fourth-order valence-corrected chi connectivity index (χ4v) is 1.49. The molecule has 84 valence electrons. The molecule has 0 aromatic carbocycles. The van der Waals surface area contributed by atoms with E-state index in [4.69, 9.17) is 9.84 Å². The van der Waals surface area contributed by atoms with Gasteiger partial charge < -0.3 is 9.84 Å². The van der Waals surface area contributed by atoms with Crippen LogP contribution in [0.15, 0.2) is 5.16 Å². The number of ether oxygens (including phenoxy) is 1. The van der Waals surface area contributed by atoms with E-state index in [0.717, 1.165) is 11.8 Å². The van der Waals surface area contributed by atoms with Gasteiger partial charge in [0.1, 0.15) is 0 Å². The van der Waals surface area contributed by atoms with Crippen molar-refractivity contribution in [1.82, 2.24) is 20.2 Å². The van der Waals surface area contributed by atoms with Gasteiger partial charge in [-0.15, -0.1) is 5.10 Å². The van der Waals surface area contributed by atoms with E-state index in [-0.39, 0.29) is 5.75 Å². The summed E-state index contributed by atoms with van der Waals surface area (Å²) in [6.45, 7) is 3.59. The van der Waals surface area contributed by atoms with Gasteiger partial charge in [-0.2, -0.15) is 0 Å². The number of carboxylic acid groups (broad SMARTS) is 1. The second kappa shape index (κ2) is 6.36. The van der Waals surface area contributed by atoms with E-state index in [9.17, 15) is 4.79 Å². The number of thioether (sulfide) groups is 1. The molecule has 7 nitrogen and oxygen atoms in total. The summed E-state index contributed by atoms with van der Waals surface area (Å²) < 4.78 is 6.68. The minimum atomic E-state index is -0.889. The van der Waals surface area contributed by atoms with Crippen LogP contribution in [0, 0.1) is 0 Å². The molecule has 0 amide bonds. The van der Waals surface area contributed by atoms with Gasteiger partial charge in [-0.3, -0.25) is 4.79 Å². The summed E-state index contributed by atoms with van der Waals surface area (Å²) in [5, 5.41) is 19.9. The van der Waals surface area contributed by atoms with Gasteiger partial charge in [0.25, 0.3) is 0 Å². The topological polar surface area (TPSA) is 90.1 Å². The molecule has 1 aromatic rings. The zero-order valence-corrected chi connectivity index (χ0v) is 9.11. The number of aromatic nitrogens is 4. The molecule has 0 saturated heterocycles. The second-order valence-corrected chi connectivity index (χ2v) is 3.51. The molecular weight excluding hydrogens is 220 g/mol.